The van der Waals surface area contributed by atoms with E-state index in [2.05, 4.69) is 11.9 Å². The number of rotatable bonds is 8. The number of aryl methyl sites for hydroxylation is 1. The monoisotopic (exact) mass is 324 g/mol. The van der Waals surface area contributed by atoms with Crippen LogP contribution in [0.2, 0.25) is 0 Å². The third kappa shape index (κ3) is 4.81. The second-order valence-corrected chi connectivity index (χ2v) is 5.99. The Morgan fingerprint density at radius 2 is 1.92 bits per heavy atom. The highest BCUT2D eigenvalue weighted by Crippen LogP contribution is 2.22. The van der Waals surface area contributed by atoms with Gasteiger partial charge in [0.1, 0.15) is 11.6 Å². The number of ether oxygens (including phenoxy) is 1. The summed E-state index contributed by atoms with van der Waals surface area (Å²) in [5.41, 5.74) is 3.19. The first-order valence-corrected chi connectivity index (χ1v) is 8.46. The zero-order valence-corrected chi connectivity index (χ0v) is 14.4. The molecule has 0 radical (unpaired) electrons. The first kappa shape index (κ1) is 18.0. The first-order valence-electron chi connectivity index (χ1n) is 8.46. The van der Waals surface area contributed by atoms with E-state index >= 15 is 0 Å². The standard InChI is InChI=1S/C20H24N2O2/c1-3-4-5-6-11-24-14-16-7-9-17(10-8-16)18-12-15(2)22-20(23)19(18)13-21/h7-10,12H,3-6,11,14H2,1-2H3,(H,22,23). The lowest BCUT2D eigenvalue weighted by atomic mass is 10.00. The molecule has 1 aromatic carbocycles. The van der Waals surface area contributed by atoms with E-state index in [4.69, 9.17) is 4.74 Å². The number of pyridine rings is 1. The number of hydrogen-bond acceptors (Lipinski definition) is 3. The fourth-order valence-electron chi connectivity index (χ4n) is 2.63. The first-order chi connectivity index (χ1) is 11.7. The van der Waals surface area contributed by atoms with Crippen molar-refractivity contribution in [2.75, 3.05) is 6.61 Å². The Bertz CT molecular complexity index is 755. The molecule has 0 saturated carbocycles. The van der Waals surface area contributed by atoms with Crippen molar-refractivity contribution in [3.63, 3.8) is 0 Å². The maximum atomic E-state index is 11.9. The Balaban J connectivity index is 2.03. The number of nitrogens with zero attached hydrogens (tertiary/aromatic N) is 1. The predicted molar refractivity (Wildman–Crippen MR) is 95.7 cm³/mol. The van der Waals surface area contributed by atoms with E-state index in [-0.39, 0.29) is 11.1 Å². The van der Waals surface area contributed by atoms with Gasteiger partial charge in [-0.1, -0.05) is 50.5 Å². The highest BCUT2D eigenvalue weighted by atomic mass is 16.5. The molecule has 0 saturated heterocycles. The van der Waals surface area contributed by atoms with Crippen molar-refractivity contribution >= 4 is 0 Å². The number of hydrogen-bond donors (Lipinski definition) is 1. The van der Waals surface area contributed by atoms with Crippen molar-refractivity contribution in [3.05, 3.63) is 57.5 Å². The molecule has 0 atom stereocenters. The number of unbranched alkanes of at least 4 members (excludes halogenated alkanes) is 3. The van der Waals surface area contributed by atoms with E-state index in [0.29, 0.717) is 12.2 Å². The Labute approximate surface area is 143 Å². The highest BCUT2D eigenvalue weighted by Gasteiger charge is 2.10. The van der Waals surface area contributed by atoms with Crippen LogP contribution in [0.5, 0.6) is 0 Å². The van der Waals surface area contributed by atoms with Crippen LogP contribution < -0.4 is 5.56 Å². The fourth-order valence-corrected chi connectivity index (χ4v) is 2.63. The van der Waals surface area contributed by atoms with Gasteiger partial charge in [-0.25, -0.2) is 0 Å². The average Bonchev–Trinajstić information content (AvgIpc) is 2.58. The Morgan fingerprint density at radius 1 is 1.17 bits per heavy atom. The Hall–Kier alpha value is -2.38. The SMILES string of the molecule is CCCCCCOCc1ccc(-c2cc(C)[nH]c(=O)c2C#N)cc1. The van der Waals surface area contributed by atoms with Crippen molar-refractivity contribution in [2.24, 2.45) is 0 Å². The van der Waals surface area contributed by atoms with Crippen LogP contribution in [0, 0.1) is 18.3 Å². The molecule has 1 N–H and O–H groups in total. The molecule has 4 nitrogen and oxygen atoms in total. The topological polar surface area (TPSA) is 65.9 Å². The number of nitriles is 1. The van der Waals surface area contributed by atoms with Crippen LogP contribution in [0.15, 0.2) is 35.1 Å². The van der Waals surface area contributed by atoms with Crippen LogP contribution in [-0.2, 0) is 11.3 Å². The van der Waals surface area contributed by atoms with Gasteiger partial charge in [0.2, 0.25) is 0 Å². The molecule has 0 spiro atoms. The summed E-state index contributed by atoms with van der Waals surface area (Å²) in [6.07, 6.45) is 4.81. The molecule has 4 heteroatoms. The molecule has 24 heavy (non-hydrogen) atoms. The molecule has 0 aliphatic heterocycles. The summed E-state index contributed by atoms with van der Waals surface area (Å²) in [6.45, 7) is 5.38. The van der Waals surface area contributed by atoms with Gasteiger partial charge in [-0.2, -0.15) is 5.26 Å². The molecule has 126 valence electrons. The van der Waals surface area contributed by atoms with E-state index in [1.54, 1.807) is 0 Å². The minimum Gasteiger partial charge on any atom is -0.377 e. The third-order valence-corrected chi connectivity index (χ3v) is 3.96. The summed E-state index contributed by atoms with van der Waals surface area (Å²) in [5, 5.41) is 9.22. The number of benzene rings is 1. The number of nitrogens with one attached hydrogen (secondary N) is 1. The minimum absolute atomic E-state index is 0.153. The van der Waals surface area contributed by atoms with Gasteiger partial charge in [0.25, 0.3) is 5.56 Å². The smallest absolute Gasteiger partial charge is 0.266 e. The molecule has 0 bridgehead atoms. The third-order valence-electron chi connectivity index (χ3n) is 3.96. The molecular weight excluding hydrogens is 300 g/mol. The normalized spacial score (nSPS) is 10.5. The van der Waals surface area contributed by atoms with Crippen LogP contribution in [0.25, 0.3) is 11.1 Å². The minimum atomic E-state index is -0.341. The number of H-pyrrole nitrogens is 1. The molecular formula is C20H24N2O2. The molecule has 0 fully saturated rings. The maximum absolute atomic E-state index is 11.9. The molecule has 1 aromatic heterocycles. The summed E-state index contributed by atoms with van der Waals surface area (Å²) in [5.74, 6) is 0. The molecule has 2 rings (SSSR count). The highest BCUT2D eigenvalue weighted by molar-refractivity contribution is 5.70. The lowest BCUT2D eigenvalue weighted by Gasteiger charge is -2.08. The lowest BCUT2D eigenvalue weighted by Crippen LogP contribution is -2.12. The Kier molecular flexibility index (Phi) is 6.77. The number of aromatic nitrogens is 1. The number of aromatic amines is 1. The summed E-state index contributed by atoms with van der Waals surface area (Å²) >= 11 is 0. The second-order valence-electron chi connectivity index (χ2n) is 5.99. The van der Waals surface area contributed by atoms with Crippen LogP contribution in [0.3, 0.4) is 0 Å². The van der Waals surface area contributed by atoms with Crippen molar-refractivity contribution in [1.82, 2.24) is 4.98 Å². The largest absolute Gasteiger partial charge is 0.377 e. The van der Waals surface area contributed by atoms with Crippen molar-refractivity contribution < 1.29 is 4.74 Å². The van der Waals surface area contributed by atoms with Gasteiger partial charge in [-0.05, 0) is 30.5 Å². The van der Waals surface area contributed by atoms with Crippen LogP contribution in [0.1, 0.15) is 49.4 Å². The van der Waals surface area contributed by atoms with Crippen molar-refractivity contribution in [3.8, 4) is 17.2 Å². The van der Waals surface area contributed by atoms with E-state index in [0.717, 1.165) is 29.8 Å². The van der Waals surface area contributed by atoms with Crippen LogP contribution in [0.4, 0.5) is 0 Å². The van der Waals surface area contributed by atoms with Gasteiger partial charge < -0.3 is 9.72 Å². The van der Waals surface area contributed by atoms with Gasteiger partial charge >= 0.3 is 0 Å². The second kappa shape index (κ2) is 9.05. The van der Waals surface area contributed by atoms with E-state index < -0.39 is 0 Å². The Morgan fingerprint density at radius 3 is 2.58 bits per heavy atom. The molecule has 0 aliphatic carbocycles. The van der Waals surface area contributed by atoms with E-state index in [9.17, 15) is 10.1 Å². The quantitative estimate of drug-likeness (QED) is 0.735. The van der Waals surface area contributed by atoms with Gasteiger partial charge in [0.05, 0.1) is 6.61 Å². The zero-order chi connectivity index (χ0) is 17.4. The molecule has 1 heterocycles. The maximum Gasteiger partial charge on any atom is 0.266 e. The summed E-state index contributed by atoms with van der Waals surface area (Å²) in [7, 11) is 0. The molecule has 0 aliphatic rings. The van der Waals surface area contributed by atoms with Gasteiger partial charge in [-0.3, -0.25) is 4.79 Å². The summed E-state index contributed by atoms with van der Waals surface area (Å²) in [4.78, 5) is 14.5. The molecule has 0 unspecified atom stereocenters. The summed E-state index contributed by atoms with van der Waals surface area (Å²) < 4.78 is 5.69. The van der Waals surface area contributed by atoms with Crippen molar-refractivity contribution in [2.45, 2.75) is 46.1 Å². The lowest BCUT2D eigenvalue weighted by molar-refractivity contribution is 0.117. The average molecular weight is 324 g/mol. The van der Waals surface area contributed by atoms with E-state index in [1.807, 2.05) is 43.3 Å². The zero-order valence-electron chi connectivity index (χ0n) is 14.4. The molecule has 2 aromatic rings. The van der Waals surface area contributed by atoms with Gasteiger partial charge in [-0.15, -0.1) is 0 Å². The van der Waals surface area contributed by atoms with Crippen LogP contribution in [-0.4, -0.2) is 11.6 Å². The van der Waals surface area contributed by atoms with Gasteiger partial charge in [0, 0.05) is 17.9 Å². The molecule has 0 amide bonds. The summed E-state index contributed by atoms with van der Waals surface area (Å²) in [6, 6.07) is 11.7. The van der Waals surface area contributed by atoms with Crippen molar-refractivity contribution in [1.29, 1.82) is 5.26 Å². The predicted octanol–water partition coefficient (Wildman–Crippen LogP) is 4.32. The van der Waals surface area contributed by atoms with Gasteiger partial charge in [0.15, 0.2) is 0 Å². The fraction of sp³-hybridized carbons (Fsp3) is 0.400. The van der Waals surface area contributed by atoms with E-state index in [1.165, 1.54) is 19.3 Å². The van der Waals surface area contributed by atoms with Crippen LogP contribution >= 0.6 is 0 Å².